The monoisotopic (exact) mass is 682 g/mol. The highest BCUT2D eigenvalue weighted by Crippen LogP contribution is 2.26. The number of hydrogen-bond donors (Lipinski definition) is 1. The van der Waals surface area contributed by atoms with Gasteiger partial charge in [0.05, 0.1) is 11.4 Å². The molecule has 0 saturated carbocycles. The van der Waals surface area contributed by atoms with E-state index in [2.05, 4.69) is 29.7 Å². The molecular formula is C40H42N8O3. The van der Waals surface area contributed by atoms with Gasteiger partial charge in [-0.3, -0.25) is 4.79 Å². The molecule has 0 radical (unpaired) electrons. The molecule has 0 amide bonds. The molecule has 0 bridgehead atoms. The molecule has 260 valence electrons. The molecule has 11 heteroatoms. The summed E-state index contributed by atoms with van der Waals surface area (Å²) < 4.78 is 11.6. The number of benzene rings is 3. The number of aromatic nitrogens is 4. The minimum atomic E-state index is 0.0772. The van der Waals surface area contributed by atoms with Gasteiger partial charge in [-0.2, -0.15) is 9.97 Å². The summed E-state index contributed by atoms with van der Waals surface area (Å²) in [6, 6.07) is 30.6. The Kier molecular flexibility index (Phi) is 10.5. The summed E-state index contributed by atoms with van der Waals surface area (Å²) in [5, 5.41) is 0. The van der Waals surface area contributed by atoms with Crippen molar-refractivity contribution in [3.8, 4) is 22.9 Å². The van der Waals surface area contributed by atoms with Crippen molar-refractivity contribution in [3.63, 3.8) is 0 Å². The van der Waals surface area contributed by atoms with Crippen LogP contribution in [0.1, 0.15) is 27.3 Å². The minimum Gasteiger partial charge on any atom is -0.434 e. The van der Waals surface area contributed by atoms with E-state index < -0.39 is 0 Å². The average Bonchev–Trinajstić information content (AvgIpc) is 3.72. The van der Waals surface area contributed by atoms with E-state index in [1.807, 2.05) is 144 Å². The van der Waals surface area contributed by atoms with Gasteiger partial charge in [-0.15, -0.1) is 0 Å². The molecule has 0 fully saturated rings. The first-order chi connectivity index (χ1) is 24.5. The highest BCUT2D eigenvalue weighted by Gasteiger charge is 2.14. The molecule has 0 aliphatic rings. The van der Waals surface area contributed by atoms with Crippen LogP contribution in [0.25, 0.3) is 45.4 Å². The summed E-state index contributed by atoms with van der Waals surface area (Å²) in [5.74, 6) is 1.13. The lowest BCUT2D eigenvalue weighted by Gasteiger charge is -2.13. The van der Waals surface area contributed by atoms with Gasteiger partial charge >= 0.3 is 0 Å². The number of rotatable bonds is 10. The van der Waals surface area contributed by atoms with Gasteiger partial charge in [0, 0.05) is 61.7 Å². The summed E-state index contributed by atoms with van der Waals surface area (Å²) in [4.78, 5) is 37.1. The van der Waals surface area contributed by atoms with Crippen LogP contribution < -0.4 is 10.6 Å². The molecule has 4 heterocycles. The summed E-state index contributed by atoms with van der Waals surface area (Å²) in [6.07, 6.45) is 0.316. The van der Waals surface area contributed by atoms with Crippen molar-refractivity contribution >= 4 is 39.6 Å². The smallest absolute Gasteiger partial charge is 0.228 e. The Hall–Kier alpha value is -5.91. The van der Waals surface area contributed by atoms with Crippen molar-refractivity contribution < 1.29 is 13.6 Å². The van der Waals surface area contributed by atoms with Gasteiger partial charge in [-0.05, 0) is 100 Å². The molecular weight excluding hydrogens is 640 g/mol. The number of oxazole rings is 2. The predicted octanol–water partition coefficient (Wildman–Crippen LogP) is 6.98. The summed E-state index contributed by atoms with van der Waals surface area (Å²) in [5.41, 5.74) is 15.3. The van der Waals surface area contributed by atoms with Crippen LogP contribution in [0.5, 0.6) is 0 Å². The molecule has 0 aliphatic carbocycles. The molecule has 7 aromatic rings. The van der Waals surface area contributed by atoms with Crippen LogP contribution in [0.4, 0.5) is 11.4 Å². The second-order valence-corrected chi connectivity index (χ2v) is 13.1. The Balaban J connectivity index is 0.000000193. The molecule has 51 heavy (non-hydrogen) atoms. The zero-order valence-corrected chi connectivity index (χ0v) is 29.8. The van der Waals surface area contributed by atoms with Gasteiger partial charge in [0.2, 0.25) is 11.8 Å². The maximum atomic E-state index is 12.8. The summed E-state index contributed by atoms with van der Waals surface area (Å²) in [7, 11) is 11.9. The highest BCUT2D eigenvalue weighted by molar-refractivity contribution is 5.98. The number of pyridine rings is 2. The number of Topliss-reactive ketones (excluding diaryl/α,β-unsaturated/α-hetero) is 1. The van der Waals surface area contributed by atoms with Crippen LogP contribution in [0.2, 0.25) is 0 Å². The first kappa shape index (κ1) is 34.9. The normalized spacial score (nSPS) is 11.3. The zero-order chi connectivity index (χ0) is 36.1. The van der Waals surface area contributed by atoms with Crippen molar-refractivity contribution in [2.75, 3.05) is 52.9 Å². The third-order valence-electron chi connectivity index (χ3n) is 7.94. The van der Waals surface area contributed by atoms with E-state index >= 15 is 0 Å². The number of nitrogens with zero attached hydrogens (tertiary/aromatic N) is 7. The Labute approximate surface area is 297 Å². The maximum Gasteiger partial charge on any atom is 0.228 e. The largest absolute Gasteiger partial charge is 0.434 e. The second kappa shape index (κ2) is 15.3. The Bertz CT molecular complexity index is 2290. The minimum absolute atomic E-state index is 0.0772. The quantitative estimate of drug-likeness (QED) is 0.118. The van der Waals surface area contributed by atoms with Gasteiger partial charge < -0.3 is 29.3 Å². The standard InChI is InChI=1S/C25H26N4O2.C15H16N4O/c1-28(2)16-20-11-12-23-24(26-20)27-25(31-23)19-9-5-7-17(13-19)14-22(30)18-8-6-10-21(15-18)29(3)4;1-19(2)9-12-6-7-13-14(17-12)18-15(20-13)10-4-3-5-11(16)8-10/h5-13,15H,14,16H2,1-4H3;3-8H,9,16H2,1-2H3. The summed E-state index contributed by atoms with van der Waals surface area (Å²) >= 11 is 0. The maximum absolute atomic E-state index is 12.8. The van der Waals surface area contributed by atoms with Crippen LogP contribution in [0.3, 0.4) is 0 Å². The van der Waals surface area contributed by atoms with E-state index in [0.717, 1.165) is 46.9 Å². The lowest BCUT2D eigenvalue weighted by atomic mass is 10.0. The Morgan fingerprint density at radius 3 is 1.73 bits per heavy atom. The fourth-order valence-electron chi connectivity index (χ4n) is 5.52. The number of carbonyl (C=O) groups is 1. The van der Waals surface area contributed by atoms with Gasteiger partial charge in [0.15, 0.2) is 28.2 Å². The van der Waals surface area contributed by atoms with Crippen LogP contribution in [-0.2, 0) is 19.5 Å². The van der Waals surface area contributed by atoms with Gasteiger partial charge in [-0.25, -0.2) is 9.97 Å². The van der Waals surface area contributed by atoms with Crippen molar-refractivity contribution in [3.05, 3.63) is 120 Å². The van der Waals surface area contributed by atoms with Gasteiger partial charge in [0.25, 0.3) is 0 Å². The fraction of sp³-hybridized carbons (Fsp3) is 0.225. The number of nitrogen functional groups attached to an aromatic ring is 1. The predicted molar refractivity (Wildman–Crippen MR) is 202 cm³/mol. The van der Waals surface area contributed by atoms with Crippen molar-refractivity contribution in [1.82, 2.24) is 29.7 Å². The Morgan fingerprint density at radius 1 is 0.627 bits per heavy atom. The van der Waals surface area contributed by atoms with Crippen molar-refractivity contribution in [2.45, 2.75) is 19.5 Å². The van der Waals surface area contributed by atoms with E-state index in [0.29, 0.717) is 51.9 Å². The van der Waals surface area contributed by atoms with E-state index in [-0.39, 0.29) is 5.78 Å². The molecule has 0 unspecified atom stereocenters. The van der Waals surface area contributed by atoms with Crippen molar-refractivity contribution in [1.29, 1.82) is 0 Å². The van der Waals surface area contributed by atoms with E-state index in [9.17, 15) is 4.79 Å². The third kappa shape index (κ3) is 8.82. The number of carbonyl (C=O) groups excluding carboxylic acids is 1. The molecule has 4 aromatic heterocycles. The van der Waals surface area contributed by atoms with E-state index in [4.69, 9.17) is 14.6 Å². The second-order valence-electron chi connectivity index (χ2n) is 13.1. The number of ketones is 1. The first-order valence-corrected chi connectivity index (χ1v) is 16.6. The SMILES string of the molecule is CN(C)Cc1ccc2oc(-c3cccc(CC(=O)c4cccc(N(C)C)c4)c3)nc2n1.CN(C)Cc1ccc2oc(-c3cccc(N)c3)nc2n1. The topological polar surface area (TPSA) is 131 Å². The molecule has 3 aromatic carbocycles. The molecule has 0 atom stereocenters. The first-order valence-electron chi connectivity index (χ1n) is 16.6. The third-order valence-corrected chi connectivity index (χ3v) is 7.94. The molecule has 2 N–H and O–H groups in total. The number of nitrogens with two attached hydrogens (primary N) is 1. The molecule has 0 spiro atoms. The molecule has 7 rings (SSSR count). The van der Waals surface area contributed by atoms with Crippen LogP contribution in [0.15, 0.2) is 106 Å². The molecule has 0 aliphatic heterocycles. The zero-order valence-electron chi connectivity index (χ0n) is 29.8. The van der Waals surface area contributed by atoms with Crippen LogP contribution >= 0.6 is 0 Å². The van der Waals surface area contributed by atoms with Crippen LogP contribution in [-0.4, -0.2) is 77.8 Å². The molecule has 11 nitrogen and oxygen atoms in total. The van der Waals surface area contributed by atoms with E-state index in [1.165, 1.54) is 0 Å². The van der Waals surface area contributed by atoms with E-state index in [1.54, 1.807) is 0 Å². The van der Waals surface area contributed by atoms with Crippen LogP contribution in [0, 0.1) is 0 Å². The lowest BCUT2D eigenvalue weighted by Crippen LogP contribution is -2.11. The Morgan fingerprint density at radius 2 is 1.18 bits per heavy atom. The molecule has 0 saturated heterocycles. The van der Waals surface area contributed by atoms with Gasteiger partial charge in [0.1, 0.15) is 0 Å². The summed E-state index contributed by atoms with van der Waals surface area (Å²) in [6.45, 7) is 1.52. The highest BCUT2D eigenvalue weighted by atomic mass is 16.4. The number of anilines is 2. The number of hydrogen-bond acceptors (Lipinski definition) is 11. The number of fused-ring (bicyclic) bond motifs is 2. The fourth-order valence-corrected chi connectivity index (χ4v) is 5.52. The lowest BCUT2D eigenvalue weighted by molar-refractivity contribution is 0.0993. The van der Waals surface area contributed by atoms with Crippen molar-refractivity contribution in [2.24, 2.45) is 0 Å². The van der Waals surface area contributed by atoms with Gasteiger partial charge in [-0.1, -0.05) is 30.3 Å². The average molecular weight is 683 g/mol.